The summed E-state index contributed by atoms with van der Waals surface area (Å²) in [5.74, 6) is 2.23. The molecule has 3 heterocycles. The summed E-state index contributed by atoms with van der Waals surface area (Å²) in [7, 11) is 0. The molecule has 0 radical (unpaired) electrons. The first-order chi connectivity index (χ1) is 20.5. The molecular weight excluding hydrogens is 545 g/mol. The van der Waals surface area contributed by atoms with Gasteiger partial charge in [0, 0.05) is 62.5 Å². The van der Waals surface area contributed by atoms with E-state index in [1.807, 2.05) is 12.1 Å². The van der Waals surface area contributed by atoms with E-state index in [4.69, 9.17) is 22.2 Å². The van der Waals surface area contributed by atoms with Crippen molar-refractivity contribution in [3.8, 4) is 0 Å². The molecule has 1 aromatic heterocycles. The van der Waals surface area contributed by atoms with Crippen molar-refractivity contribution < 1.29 is 4.39 Å². The van der Waals surface area contributed by atoms with Crippen LogP contribution in [-0.2, 0) is 5.41 Å². The molecule has 0 spiro atoms. The zero-order valence-corrected chi connectivity index (χ0v) is 25.4. The van der Waals surface area contributed by atoms with Gasteiger partial charge in [0.05, 0.1) is 0 Å². The summed E-state index contributed by atoms with van der Waals surface area (Å²) < 4.78 is 13.6. The van der Waals surface area contributed by atoms with Crippen molar-refractivity contribution in [2.75, 3.05) is 59.3 Å². The summed E-state index contributed by atoms with van der Waals surface area (Å²) in [6, 6.07) is 20.2. The molecule has 0 amide bonds. The van der Waals surface area contributed by atoms with Gasteiger partial charge in [-0.2, -0.15) is 9.97 Å². The predicted octanol–water partition coefficient (Wildman–Crippen LogP) is 6.12. The molecule has 1 atom stereocenters. The number of piperidine rings is 1. The molecule has 2 N–H and O–H groups in total. The Morgan fingerprint density at radius 3 is 2.29 bits per heavy atom. The summed E-state index contributed by atoms with van der Waals surface area (Å²) in [6.45, 7) is 7.65. The predicted molar refractivity (Wildman–Crippen MR) is 174 cm³/mol. The van der Waals surface area contributed by atoms with Crippen LogP contribution in [0.3, 0.4) is 0 Å². The molecule has 222 valence electrons. The highest BCUT2D eigenvalue weighted by Crippen LogP contribution is 2.40. The molecule has 1 saturated carbocycles. The quantitative estimate of drug-likeness (QED) is 0.321. The lowest BCUT2D eigenvalue weighted by atomic mass is 9.79. The van der Waals surface area contributed by atoms with E-state index < -0.39 is 0 Å². The van der Waals surface area contributed by atoms with Crippen molar-refractivity contribution in [2.45, 2.75) is 63.3 Å². The van der Waals surface area contributed by atoms with Crippen molar-refractivity contribution in [3.05, 3.63) is 72.0 Å². The van der Waals surface area contributed by atoms with Crippen LogP contribution < -0.4 is 25.3 Å². The maximum absolute atomic E-state index is 13.6. The summed E-state index contributed by atoms with van der Waals surface area (Å²) in [4.78, 5) is 17.1. The molecule has 42 heavy (non-hydrogen) atoms. The first-order valence-electron chi connectivity index (χ1n) is 15.5. The second-order valence-corrected chi connectivity index (χ2v) is 12.5. The van der Waals surface area contributed by atoms with E-state index >= 15 is 0 Å². The minimum Gasteiger partial charge on any atom is -0.368 e. The van der Waals surface area contributed by atoms with Gasteiger partial charge in [-0.1, -0.05) is 43.2 Å². The lowest BCUT2D eigenvalue weighted by Gasteiger charge is -2.38. The van der Waals surface area contributed by atoms with Crippen molar-refractivity contribution in [2.24, 2.45) is 0 Å². The van der Waals surface area contributed by atoms with E-state index in [9.17, 15) is 4.39 Å². The topological polar surface area (TPSA) is 59.6 Å². The van der Waals surface area contributed by atoms with Crippen molar-refractivity contribution in [1.82, 2.24) is 15.3 Å². The first kappa shape index (κ1) is 28.6. The molecule has 6 rings (SSSR count). The Labute approximate surface area is 254 Å². The van der Waals surface area contributed by atoms with Crippen LogP contribution in [0.1, 0.15) is 57.4 Å². The zero-order chi connectivity index (χ0) is 28.9. The van der Waals surface area contributed by atoms with Crippen LogP contribution in [0.2, 0.25) is 0 Å². The summed E-state index contributed by atoms with van der Waals surface area (Å²) in [5, 5.41) is 7.32. The number of para-hydroxylation sites is 1. The molecule has 1 aliphatic carbocycles. The Hall–Kier alpha value is -3.46. The van der Waals surface area contributed by atoms with Crippen LogP contribution in [0.15, 0.2) is 60.7 Å². The number of benzene rings is 2. The normalized spacial score (nSPS) is 20.4. The highest BCUT2D eigenvalue weighted by Gasteiger charge is 2.35. The summed E-state index contributed by atoms with van der Waals surface area (Å²) in [6.07, 6.45) is 8.06. The third-order valence-electron chi connectivity index (χ3n) is 9.35. The second-order valence-electron chi connectivity index (χ2n) is 12.1. The van der Waals surface area contributed by atoms with E-state index in [2.05, 4.69) is 68.7 Å². The number of anilines is 4. The Balaban J connectivity index is 1.18. The van der Waals surface area contributed by atoms with Gasteiger partial charge >= 0.3 is 0 Å². The molecule has 3 fully saturated rings. The van der Waals surface area contributed by atoms with Crippen LogP contribution in [0.4, 0.5) is 27.7 Å². The number of rotatable bonds is 7. The summed E-state index contributed by atoms with van der Waals surface area (Å²) in [5.41, 5.74) is 2.39. The lowest BCUT2D eigenvalue weighted by molar-refractivity contribution is 0.434. The average molecular weight is 588 g/mol. The maximum atomic E-state index is 13.6. The van der Waals surface area contributed by atoms with Gasteiger partial charge in [-0.3, -0.25) is 0 Å². The van der Waals surface area contributed by atoms with Crippen molar-refractivity contribution >= 4 is 40.6 Å². The Morgan fingerprint density at radius 1 is 0.881 bits per heavy atom. The molecular formula is C33H42FN7S. The number of aromatic nitrogens is 2. The minimum absolute atomic E-state index is 0.0467. The number of nitrogens with zero attached hydrogens (tertiary/aromatic N) is 5. The number of halogens is 1. The van der Waals surface area contributed by atoms with E-state index in [0.29, 0.717) is 23.6 Å². The zero-order valence-electron chi connectivity index (χ0n) is 24.6. The van der Waals surface area contributed by atoms with Crippen molar-refractivity contribution in [1.29, 1.82) is 0 Å². The van der Waals surface area contributed by atoms with Crippen LogP contribution in [0.5, 0.6) is 0 Å². The minimum atomic E-state index is -0.200. The van der Waals surface area contributed by atoms with Gasteiger partial charge in [-0.25, -0.2) is 4.39 Å². The summed E-state index contributed by atoms with van der Waals surface area (Å²) >= 11 is 5.79. The standard InChI is InChI=1S/C33H42FN7S/c1-25-9-5-8-18-41(25)30-23-29(40-21-19-39(20-22-40)28-10-3-2-4-11-28)36-31(37-30)38-32(42)35-24-33(16-6-7-17-33)26-12-14-27(34)15-13-26/h2-4,10-15,23,25H,5-9,16-22,24H2,1H3,(H2,35,36,37,38,42). The largest absolute Gasteiger partial charge is 0.368 e. The monoisotopic (exact) mass is 587 g/mol. The number of nitrogens with one attached hydrogen (secondary N) is 2. The van der Waals surface area contributed by atoms with Gasteiger partial charge in [0.15, 0.2) is 5.11 Å². The van der Waals surface area contributed by atoms with E-state index in [0.717, 1.165) is 57.2 Å². The molecule has 3 aliphatic rings. The molecule has 7 nitrogen and oxygen atoms in total. The molecule has 2 aliphatic heterocycles. The number of thiocarbonyl (C=S) groups is 1. The molecule has 9 heteroatoms. The number of hydrogen-bond acceptors (Lipinski definition) is 6. The molecule has 0 bridgehead atoms. The van der Waals surface area contributed by atoms with Crippen LogP contribution in [-0.4, -0.2) is 60.4 Å². The maximum Gasteiger partial charge on any atom is 0.232 e. The molecule has 2 aromatic carbocycles. The van der Waals surface area contributed by atoms with Gasteiger partial charge in [0.1, 0.15) is 17.5 Å². The van der Waals surface area contributed by atoms with E-state index in [-0.39, 0.29) is 11.2 Å². The number of hydrogen-bond donors (Lipinski definition) is 2. The highest BCUT2D eigenvalue weighted by atomic mass is 32.1. The highest BCUT2D eigenvalue weighted by molar-refractivity contribution is 7.80. The van der Waals surface area contributed by atoms with Gasteiger partial charge in [-0.05, 0) is 81.1 Å². The fourth-order valence-electron chi connectivity index (χ4n) is 6.88. The Bertz CT molecular complexity index is 1340. The first-order valence-corrected chi connectivity index (χ1v) is 15.9. The van der Waals surface area contributed by atoms with Gasteiger partial charge in [-0.15, -0.1) is 0 Å². The fraction of sp³-hybridized carbons (Fsp3) is 0.485. The van der Waals surface area contributed by atoms with Crippen molar-refractivity contribution in [3.63, 3.8) is 0 Å². The molecule has 3 aromatic rings. The SMILES string of the molecule is CC1CCCCN1c1cc(N2CCN(c3ccccc3)CC2)nc(NC(=S)NCC2(c3ccc(F)cc3)CCCC2)n1. The Morgan fingerprint density at radius 2 is 1.57 bits per heavy atom. The van der Waals surface area contributed by atoms with Crippen LogP contribution >= 0.6 is 12.2 Å². The number of piperazine rings is 1. The van der Waals surface area contributed by atoms with Gasteiger partial charge in [0.2, 0.25) is 5.95 Å². The van der Waals surface area contributed by atoms with Gasteiger partial charge < -0.3 is 25.3 Å². The molecule has 2 saturated heterocycles. The third kappa shape index (κ3) is 6.46. The van der Waals surface area contributed by atoms with Gasteiger partial charge in [0.25, 0.3) is 0 Å². The lowest BCUT2D eigenvalue weighted by Crippen LogP contribution is -2.47. The average Bonchev–Trinajstić information content (AvgIpc) is 3.51. The van der Waals surface area contributed by atoms with E-state index in [1.165, 1.54) is 43.4 Å². The fourth-order valence-corrected chi connectivity index (χ4v) is 7.04. The third-order valence-corrected chi connectivity index (χ3v) is 9.60. The smallest absolute Gasteiger partial charge is 0.232 e. The second kappa shape index (κ2) is 12.8. The van der Waals surface area contributed by atoms with Crippen LogP contribution in [0, 0.1) is 5.82 Å². The molecule has 1 unspecified atom stereocenters. The Kier molecular flexibility index (Phi) is 8.74. The van der Waals surface area contributed by atoms with Crippen LogP contribution in [0.25, 0.3) is 0 Å². The van der Waals surface area contributed by atoms with E-state index in [1.54, 1.807) is 12.1 Å².